The van der Waals surface area contributed by atoms with Crippen LogP contribution in [0, 0.1) is 13.8 Å². The first-order valence-electron chi connectivity index (χ1n) is 7.75. The van der Waals surface area contributed by atoms with E-state index in [-0.39, 0.29) is 5.69 Å². The highest BCUT2D eigenvalue weighted by Gasteiger charge is 2.16. The third-order valence-corrected chi connectivity index (χ3v) is 4.51. The normalized spacial score (nSPS) is 11.2. The lowest BCUT2D eigenvalue weighted by Crippen LogP contribution is -2.07. The predicted octanol–water partition coefficient (Wildman–Crippen LogP) is 4.01. The number of rotatable bonds is 4. The van der Waals surface area contributed by atoms with Crippen LogP contribution >= 0.6 is 11.6 Å². The molecule has 0 amide bonds. The lowest BCUT2D eigenvalue weighted by Gasteiger charge is -2.10. The molecule has 0 aliphatic rings. The number of carboxylic acid groups (broad SMARTS) is 1. The Labute approximate surface area is 144 Å². The number of hydrogen-bond acceptors (Lipinski definition) is 3. The molecule has 0 aliphatic carbocycles. The summed E-state index contributed by atoms with van der Waals surface area (Å²) in [7, 11) is 0. The van der Waals surface area contributed by atoms with E-state index in [4.69, 9.17) is 11.6 Å². The van der Waals surface area contributed by atoms with Crippen LogP contribution in [0.15, 0.2) is 24.3 Å². The first-order valence-corrected chi connectivity index (χ1v) is 8.13. The van der Waals surface area contributed by atoms with Crippen LogP contribution in [-0.2, 0) is 13.0 Å². The summed E-state index contributed by atoms with van der Waals surface area (Å²) >= 11 is 6.39. The van der Waals surface area contributed by atoms with Gasteiger partial charge >= 0.3 is 5.97 Å². The van der Waals surface area contributed by atoms with Crippen molar-refractivity contribution < 1.29 is 9.90 Å². The molecule has 2 aromatic heterocycles. The molecule has 0 spiro atoms. The average Bonchev–Trinajstić information content (AvgIpc) is 2.86. The second kappa shape index (κ2) is 6.24. The zero-order valence-electron chi connectivity index (χ0n) is 13.8. The molecule has 2 heterocycles. The predicted molar refractivity (Wildman–Crippen MR) is 93.9 cm³/mol. The Hall–Kier alpha value is -2.40. The molecule has 0 saturated heterocycles. The van der Waals surface area contributed by atoms with Gasteiger partial charge in [0, 0.05) is 5.02 Å². The van der Waals surface area contributed by atoms with E-state index in [0.717, 1.165) is 28.9 Å². The quantitative estimate of drug-likeness (QED) is 0.777. The van der Waals surface area contributed by atoms with Gasteiger partial charge in [0.1, 0.15) is 11.3 Å². The van der Waals surface area contributed by atoms with Gasteiger partial charge in [-0.15, -0.1) is 0 Å². The van der Waals surface area contributed by atoms with E-state index >= 15 is 0 Å². The maximum Gasteiger partial charge on any atom is 0.354 e. The summed E-state index contributed by atoms with van der Waals surface area (Å²) in [5.74, 6) is -0.269. The minimum absolute atomic E-state index is 0.0218. The number of aromatic nitrogens is 3. The van der Waals surface area contributed by atoms with E-state index in [9.17, 15) is 9.90 Å². The number of aromatic carboxylic acids is 1. The molecule has 0 radical (unpaired) electrons. The van der Waals surface area contributed by atoms with Crippen LogP contribution in [-0.4, -0.2) is 25.6 Å². The van der Waals surface area contributed by atoms with Crippen molar-refractivity contribution in [3.8, 4) is 0 Å². The highest BCUT2D eigenvalue weighted by atomic mass is 35.5. The van der Waals surface area contributed by atoms with Gasteiger partial charge in [0.2, 0.25) is 0 Å². The third kappa shape index (κ3) is 2.87. The van der Waals surface area contributed by atoms with Gasteiger partial charge in [-0.3, -0.25) is 0 Å². The molecule has 0 unspecified atom stereocenters. The standard InChI is InChI=1S/C18H18ClN3O2/c1-4-12-5-6-13(14(19)8-12)9-22-11(3)20-16-10(2)7-15(18(23)24)21-17(16)22/h5-8H,4,9H2,1-3H3,(H,23,24). The monoisotopic (exact) mass is 343 g/mol. The number of fused-ring (bicyclic) bond motifs is 1. The molecular weight excluding hydrogens is 326 g/mol. The number of nitrogens with zero attached hydrogens (tertiary/aromatic N) is 3. The number of hydrogen-bond donors (Lipinski definition) is 1. The lowest BCUT2D eigenvalue weighted by atomic mass is 10.1. The SMILES string of the molecule is CCc1ccc(Cn2c(C)nc3c(C)cc(C(=O)O)nc32)c(Cl)c1. The average molecular weight is 344 g/mol. The summed E-state index contributed by atoms with van der Waals surface area (Å²) in [5.41, 5.74) is 4.24. The number of carboxylic acids is 1. The number of imidazole rings is 1. The highest BCUT2D eigenvalue weighted by molar-refractivity contribution is 6.31. The Bertz CT molecular complexity index is 947. The molecule has 6 heteroatoms. The van der Waals surface area contributed by atoms with Crippen molar-refractivity contribution >= 4 is 28.7 Å². The molecule has 0 aliphatic heterocycles. The summed E-state index contributed by atoms with van der Waals surface area (Å²) in [5, 5.41) is 9.94. The minimum Gasteiger partial charge on any atom is -0.477 e. The molecular formula is C18H18ClN3O2. The topological polar surface area (TPSA) is 68.0 Å². The molecule has 5 nitrogen and oxygen atoms in total. The van der Waals surface area contributed by atoms with Gasteiger partial charge in [0.05, 0.1) is 6.54 Å². The zero-order chi connectivity index (χ0) is 17.4. The van der Waals surface area contributed by atoms with Gasteiger partial charge in [-0.05, 0) is 49.1 Å². The van der Waals surface area contributed by atoms with Crippen LogP contribution in [0.4, 0.5) is 0 Å². The van der Waals surface area contributed by atoms with Gasteiger partial charge in [-0.25, -0.2) is 14.8 Å². The molecule has 3 aromatic rings. The number of pyridine rings is 1. The second-order valence-corrected chi connectivity index (χ2v) is 6.23. The summed E-state index contributed by atoms with van der Waals surface area (Å²) in [6, 6.07) is 7.56. The van der Waals surface area contributed by atoms with Gasteiger partial charge in [-0.2, -0.15) is 0 Å². The van der Waals surface area contributed by atoms with Crippen molar-refractivity contribution in [3.05, 3.63) is 57.5 Å². The van der Waals surface area contributed by atoms with Crippen LogP contribution in [0.3, 0.4) is 0 Å². The Kier molecular flexibility index (Phi) is 4.28. The van der Waals surface area contributed by atoms with Crippen LogP contribution in [0.2, 0.25) is 5.02 Å². The van der Waals surface area contributed by atoms with Crippen LogP contribution < -0.4 is 0 Å². The van der Waals surface area contributed by atoms with Gasteiger partial charge in [0.15, 0.2) is 11.3 Å². The molecule has 0 fully saturated rings. The van der Waals surface area contributed by atoms with Gasteiger partial charge < -0.3 is 9.67 Å². The Morgan fingerprint density at radius 3 is 2.62 bits per heavy atom. The lowest BCUT2D eigenvalue weighted by molar-refractivity contribution is 0.0690. The van der Waals surface area contributed by atoms with Crippen LogP contribution in [0.1, 0.15) is 39.9 Å². The second-order valence-electron chi connectivity index (χ2n) is 5.83. The van der Waals surface area contributed by atoms with E-state index in [2.05, 4.69) is 23.0 Å². The minimum atomic E-state index is -1.05. The van der Waals surface area contributed by atoms with E-state index in [1.807, 2.05) is 30.5 Å². The number of benzene rings is 1. The van der Waals surface area contributed by atoms with Crippen molar-refractivity contribution in [3.63, 3.8) is 0 Å². The molecule has 0 atom stereocenters. The van der Waals surface area contributed by atoms with Gasteiger partial charge in [0.25, 0.3) is 0 Å². The summed E-state index contributed by atoms with van der Waals surface area (Å²) in [6.07, 6.45) is 0.926. The van der Waals surface area contributed by atoms with Crippen molar-refractivity contribution in [1.82, 2.24) is 14.5 Å². The van der Waals surface area contributed by atoms with Crippen molar-refractivity contribution in [2.75, 3.05) is 0 Å². The number of halogens is 1. The fraction of sp³-hybridized carbons (Fsp3) is 0.278. The summed E-state index contributed by atoms with van der Waals surface area (Å²) in [6.45, 7) is 6.31. The smallest absolute Gasteiger partial charge is 0.354 e. The van der Waals surface area contributed by atoms with Gasteiger partial charge in [-0.1, -0.05) is 30.7 Å². The number of carbonyl (C=O) groups is 1. The Morgan fingerprint density at radius 1 is 1.25 bits per heavy atom. The van der Waals surface area contributed by atoms with E-state index in [1.165, 1.54) is 5.56 Å². The first kappa shape index (κ1) is 16.5. The number of aryl methyl sites for hydroxylation is 3. The van der Waals surface area contributed by atoms with Crippen molar-refractivity contribution in [2.45, 2.75) is 33.7 Å². The van der Waals surface area contributed by atoms with E-state index < -0.39 is 5.97 Å². The Morgan fingerprint density at radius 2 is 2.00 bits per heavy atom. The first-order chi connectivity index (χ1) is 11.4. The third-order valence-electron chi connectivity index (χ3n) is 4.16. The molecule has 0 saturated carbocycles. The molecule has 24 heavy (non-hydrogen) atoms. The van der Waals surface area contributed by atoms with Crippen LogP contribution in [0.5, 0.6) is 0 Å². The fourth-order valence-corrected chi connectivity index (χ4v) is 3.02. The van der Waals surface area contributed by atoms with Crippen molar-refractivity contribution in [1.29, 1.82) is 0 Å². The highest BCUT2D eigenvalue weighted by Crippen LogP contribution is 2.24. The molecule has 1 aromatic carbocycles. The maximum absolute atomic E-state index is 11.3. The van der Waals surface area contributed by atoms with Crippen LogP contribution in [0.25, 0.3) is 11.2 Å². The molecule has 3 rings (SSSR count). The zero-order valence-corrected chi connectivity index (χ0v) is 14.6. The fourth-order valence-electron chi connectivity index (χ4n) is 2.76. The molecule has 124 valence electrons. The van der Waals surface area contributed by atoms with E-state index in [0.29, 0.717) is 17.2 Å². The Balaban J connectivity index is 2.12. The summed E-state index contributed by atoms with van der Waals surface area (Å²) < 4.78 is 1.90. The largest absolute Gasteiger partial charge is 0.477 e. The maximum atomic E-state index is 11.3. The molecule has 0 bridgehead atoms. The molecule has 1 N–H and O–H groups in total. The van der Waals surface area contributed by atoms with Crippen molar-refractivity contribution in [2.24, 2.45) is 0 Å². The summed E-state index contributed by atoms with van der Waals surface area (Å²) in [4.78, 5) is 20.1. The van der Waals surface area contributed by atoms with E-state index in [1.54, 1.807) is 6.07 Å².